The van der Waals surface area contributed by atoms with E-state index in [0.29, 0.717) is 23.4 Å². The molecule has 1 aromatic carbocycles. The first-order chi connectivity index (χ1) is 24.1. The molecule has 2 amide bonds. The number of carboxylic acid groups (broad SMARTS) is 2. The Morgan fingerprint density at radius 3 is 2.27 bits per heavy atom. The maximum absolute atomic E-state index is 12.4. The van der Waals surface area contributed by atoms with Gasteiger partial charge in [-0.25, -0.2) is 19.7 Å². The van der Waals surface area contributed by atoms with E-state index in [-0.39, 0.29) is 41.7 Å². The van der Waals surface area contributed by atoms with Crippen LogP contribution in [-0.2, 0) is 20.9 Å². The summed E-state index contributed by atoms with van der Waals surface area (Å²) in [5.41, 5.74) is 24.2. The highest BCUT2D eigenvalue weighted by Crippen LogP contribution is 2.31. The monoisotopic (exact) mass is 712 g/mol. The van der Waals surface area contributed by atoms with E-state index in [1.54, 1.807) is 18.3 Å². The highest BCUT2D eigenvalue weighted by Gasteiger charge is 2.44. The lowest BCUT2D eigenvalue weighted by atomic mass is 10.1. The number of primary amides is 1. The average molecular weight is 713 g/mol. The van der Waals surface area contributed by atoms with E-state index in [4.69, 9.17) is 37.9 Å². The molecule has 272 valence electrons. The molecule has 14 N–H and O–H groups in total. The van der Waals surface area contributed by atoms with Crippen LogP contribution in [0.5, 0.6) is 0 Å². The fourth-order valence-corrected chi connectivity index (χ4v) is 4.90. The van der Waals surface area contributed by atoms with Crippen molar-refractivity contribution >= 4 is 58.2 Å². The average Bonchev–Trinajstić information content (AvgIpc) is 3.60. The molecule has 1 aliphatic heterocycles. The number of nitrogens with two attached hydrogens (primary N) is 4. The molecule has 5 rings (SSSR count). The second-order valence-corrected chi connectivity index (χ2v) is 11.2. The number of carbonyl (C=O) groups excluding carboxylic acids is 2. The van der Waals surface area contributed by atoms with Crippen molar-refractivity contribution in [1.82, 2.24) is 34.8 Å². The van der Waals surface area contributed by atoms with E-state index in [0.717, 1.165) is 5.69 Å². The van der Waals surface area contributed by atoms with Gasteiger partial charge in [0.05, 0.1) is 31.4 Å². The summed E-state index contributed by atoms with van der Waals surface area (Å²) in [6, 6.07) is 5.16. The number of anilines is 4. The summed E-state index contributed by atoms with van der Waals surface area (Å²) in [7, 11) is 1.82. The number of imidazole rings is 1. The summed E-state index contributed by atoms with van der Waals surface area (Å²) in [5, 5.41) is 48.6. The van der Waals surface area contributed by atoms with Gasteiger partial charge in [-0.15, -0.1) is 0 Å². The standard InChI is InChI=1S/C20H22N8O5.C9H14N4O5/c1-28(9-11-8-23-17-15(24-11)16(21)26-20(22)27-17)12-4-2-10(3-5-12)18(31)25-13(19(32)33)6-7-14(29)30;10-7-4(8(11)17)12-2-13(7)9-6(16)5(15)3(1-14)18-9/h2-5,8,13H,6-7,9H2,1H3,(H,25,31)(H,29,30)(H,32,33)(H4,21,22,23,26,27);2-3,5-6,9,14-16H,1,10H2,(H2,11,17)/t13-;3-,5-,6-,9-/m01/s1. The first-order valence-electron chi connectivity index (χ1n) is 15.0. The van der Waals surface area contributed by atoms with Crippen molar-refractivity contribution in [1.29, 1.82) is 0 Å². The summed E-state index contributed by atoms with van der Waals surface area (Å²) in [4.78, 5) is 67.4. The number of rotatable bonds is 12. The molecule has 4 aromatic rings. The molecular weight excluding hydrogens is 676 g/mol. The SMILES string of the molecule is CN(Cc1cnc2nc(N)nc(N)c2n1)c1ccc(C(=O)N[C@@H](CCC(=O)O)C(=O)O)cc1.NC(=O)c1ncn([C@@H]2O[C@H](CO)[C@@H](O)[C@H]2O)c1N. The number of carbonyl (C=O) groups is 4. The van der Waals surface area contributed by atoms with Gasteiger partial charge in [0.25, 0.3) is 11.8 Å². The summed E-state index contributed by atoms with van der Waals surface area (Å²) in [5.74, 6) is -3.79. The molecule has 0 saturated carbocycles. The molecule has 0 bridgehead atoms. The van der Waals surface area contributed by atoms with Gasteiger partial charge in [-0.1, -0.05) is 0 Å². The second-order valence-electron chi connectivity index (χ2n) is 11.2. The smallest absolute Gasteiger partial charge is 0.326 e. The zero-order chi connectivity index (χ0) is 37.6. The number of carboxylic acids is 2. The Morgan fingerprint density at radius 1 is 1.02 bits per heavy atom. The van der Waals surface area contributed by atoms with Crippen LogP contribution in [0.4, 0.5) is 23.3 Å². The van der Waals surface area contributed by atoms with Crippen LogP contribution in [0.3, 0.4) is 0 Å². The molecule has 22 nitrogen and oxygen atoms in total. The molecule has 0 spiro atoms. The van der Waals surface area contributed by atoms with Crippen molar-refractivity contribution in [2.75, 3.05) is 35.8 Å². The van der Waals surface area contributed by atoms with Crippen molar-refractivity contribution in [3.05, 3.63) is 53.7 Å². The molecule has 1 aliphatic rings. The third-order valence-electron chi connectivity index (χ3n) is 7.58. The predicted octanol–water partition coefficient (Wildman–Crippen LogP) is -2.56. The number of benzene rings is 1. The first kappa shape index (κ1) is 37.6. The van der Waals surface area contributed by atoms with E-state index < -0.39 is 60.9 Å². The van der Waals surface area contributed by atoms with E-state index in [2.05, 4.69) is 30.2 Å². The van der Waals surface area contributed by atoms with Gasteiger partial charge in [0, 0.05) is 24.7 Å². The Balaban J connectivity index is 0.000000272. The van der Waals surface area contributed by atoms with Crippen LogP contribution in [0.1, 0.15) is 45.6 Å². The van der Waals surface area contributed by atoms with E-state index in [1.165, 1.54) is 23.0 Å². The first-order valence-corrected chi connectivity index (χ1v) is 15.0. The number of nitrogens with zero attached hydrogens (tertiary/aromatic N) is 7. The molecule has 0 unspecified atom stereocenters. The Kier molecular flexibility index (Phi) is 11.8. The van der Waals surface area contributed by atoms with Crippen molar-refractivity contribution in [3.8, 4) is 0 Å². The van der Waals surface area contributed by atoms with E-state index in [9.17, 15) is 34.5 Å². The van der Waals surface area contributed by atoms with Crippen LogP contribution >= 0.6 is 0 Å². The minimum absolute atomic E-state index is 0.0138. The van der Waals surface area contributed by atoms with Crippen molar-refractivity contribution < 1.29 is 49.4 Å². The molecule has 0 aliphatic carbocycles. The largest absolute Gasteiger partial charge is 0.481 e. The van der Waals surface area contributed by atoms with Crippen molar-refractivity contribution in [3.63, 3.8) is 0 Å². The Hall–Kier alpha value is -6.23. The fraction of sp³-hybridized carbons (Fsp3) is 0.345. The van der Waals surface area contributed by atoms with Crippen LogP contribution in [-0.4, -0.2) is 117 Å². The maximum atomic E-state index is 12.4. The van der Waals surface area contributed by atoms with Gasteiger partial charge in [0.1, 0.15) is 30.2 Å². The number of hydrogen-bond acceptors (Lipinski definition) is 17. The number of hydrogen-bond donors (Lipinski definition) is 10. The van der Waals surface area contributed by atoms with Gasteiger partial charge in [-0.2, -0.15) is 9.97 Å². The Bertz CT molecular complexity index is 1910. The molecule has 22 heteroatoms. The zero-order valence-electron chi connectivity index (χ0n) is 26.9. The van der Waals surface area contributed by atoms with Crippen LogP contribution < -0.4 is 33.2 Å². The van der Waals surface area contributed by atoms with Crippen LogP contribution in [0, 0.1) is 0 Å². The van der Waals surface area contributed by atoms with Crippen LogP contribution in [0.2, 0.25) is 0 Å². The number of amides is 2. The molecule has 3 aromatic heterocycles. The number of aliphatic hydroxyl groups excluding tert-OH is 3. The van der Waals surface area contributed by atoms with Gasteiger partial charge >= 0.3 is 11.9 Å². The van der Waals surface area contributed by atoms with Crippen LogP contribution in [0.15, 0.2) is 36.8 Å². The lowest BCUT2D eigenvalue weighted by Gasteiger charge is -2.19. The van der Waals surface area contributed by atoms with E-state index >= 15 is 0 Å². The van der Waals surface area contributed by atoms with Gasteiger partial charge in [0.15, 0.2) is 28.9 Å². The van der Waals surface area contributed by atoms with Gasteiger partial charge < -0.3 is 63.4 Å². The number of ether oxygens (including phenoxy) is 1. The number of aliphatic carboxylic acids is 2. The number of aliphatic hydroxyl groups is 3. The van der Waals surface area contributed by atoms with Crippen molar-refractivity contribution in [2.45, 2.75) is 50.0 Å². The fourth-order valence-electron chi connectivity index (χ4n) is 4.90. The van der Waals surface area contributed by atoms with Gasteiger partial charge in [-0.05, 0) is 30.7 Å². The lowest BCUT2D eigenvalue weighted by Crippen LogP contribution is -2.41. The topological polar surface area (TPSA) is 367 Å². The second kappa shape index (κ2) is 16.0. The van der Waals surface area contributed by atoms with Crippen LogP contribution in [0.25, 0.3) is 11.2 Å². The highest BCUT2D eigenvalue weighted by atomic mass is 16.6. The number of nitrogen functional groups attached to an aromatic ring is 3. The molecule has 4 heterocycles. The minimum Gasteiger partial charge on any atom is -0.481 e. The highest BCUT2D eigenvalue weighted by molar-refractivity contribution is 5.97. The molecule has 0 radical (unpaired) electrons. The lowest BCUT2D eigenvalue weighted by molar-refractivity contribution is -0.140. The zero-order valence-corrected chi connectivity index (χ0v) is 26.9. The number of nitrogens with one attached hydrogen (secondary N) is 1. The minimum atomic E-state index is -1.30. The molecule has 1 saturated heterocycles. The number of fused-ring (bicyclic) bond motifs is 1. The van der Waals surface area contributed by atoms with Crippen molar-refractivity contribution in [2.24, 2.45) is 5.73 Å². The summed E-state index contributed by atoms with van der Waals surface area (Å²) >= 11 is 0. The number of aromatic nitrogens is 6. The molecule has 1 fully saturated rings. The summed E-state index contributed by atoms with van der Waals surface area (Å²) in [6.45, 7) is -0.0828. The third kappa shape index (κ3) is 8.87. The summed E-state index contributed by atoms with van der Waals surface area (Å²) in [6.07, 6.45) is -2.36. The van der Waals surface area contributed by atoms with Gasteiger partial charge in [0.2, 0.25) is 5.95 Å². The van der Waals surface area contributed by atoms with E-state index in [1.807, 2.05) is 11.9 Å². The summed E-state index contributed by atoms with van der Waals surface area (Å²) < 4.78 is 6.42. The molecular formula is C29H36N12O10. The predicted molar refractivity (Wildman–Crippen MR) is 176 cm³/mol. The molecule has 5 atom stereocenters. The Labute approximate surface area is 287 Å². The maximum Gasteiger partial charge on any atom is 0.326 e. The quantitative estimate of drug-likeness (QED) is 0.0722. The normalized spacial score (nSPS) is 18.7. The Morgan fingerprint density at radius 2 is 1.71 bits per heavy atom. The third-order valence-corrected chi connectivity index (χ3v) is 7.58. The molecule has 51 heavy (non-hydrogen) atoms. The van der Waals surface area contributed by atoms with Gasteiger partial charge in [-0.3, -0.25) is 19.0 Å².